The number of aliphatic carboxylic acids is 1. The minimum atomic E-state index is -3.98. The summed E-state index contributed by atoms with van der Waals surface area (Å²) in [5, 5.41) is 27.3. The van der Waals surface area contributed by atoms with Gasteiger partial charge in [-0.2, -0.15) is 0 Å². The van der Waals surface area contributed by atoms with E-state index >= 15 is 0 Å². The Morgan fingerprint density at radius 2 is 1.02 bits per heavy atom. The van der Waals surface area contributed by atoms with Crippen LogP contribution in [0.25, 0.3) is 20.4 Å². The summed E-state index contributed by atoms with van der Waals surface area (Å²) in [6, 6.07) is 17.1. The van der Waals surface area contributed by atoms with Gasteiger partial charge in [0.2, 0.25) is 43.7 Å². The molecule has 2 saturated heterocycles. The molecule has 4 aliphatic carbocycles. The number of nitrogens with one attached hydrogen (secondary N) is 5. The van der Waals surface area contributed by atoms with Gasteiger partial charge in [0, 0.05) is 48.2 Å². The Balaban J connectivity index is 0.000000173. The number of ether oxygens (including phenoxy) is 2. The quantitative estimate of drug-likeness (QED) is 0.0418. The molecule has 0 unspecified atom stereocenters. The van der Waals surface area contributed by atoms with Gasteiger partial charge < -0.3 is 45.6 Å². The van der Waals surface area contributed by atoms with Crippen molar-refractivity contribution in [3.63, 3.8) is 0 Å². The first-order valence-electron chi connectivity index (χ1n) is 33.9. The van der Waals surface area contributed by atoms with Crippen LogP contribution >= 0.6 is 22.7 Å². The lowest BCUT2D eigenvalue weighted by Gasteiger charge is -2.30. The number of halogens is 4. The molecule has 540 valence electrons. The lowest BCUT2D eigenvalue weighted by Crippen LogP contribution is -2.58. The Hall–Kier alpha value is -8.26. The first kappa shape index (κ1) is 72.5. The van der Waals surface area contributed by atoms with E-state index in [0.29, 0.717) is 55.3 Å². The van der Waals surface area contributed by atoms with E-state index in [-0.39, 0.29) is 56.1 Å². The van der Waals surface area contributed by atoms with Crippen LogP contribution in [0.5, 0.6) is 10.4 Å². The molecule has 4 aromatic carbocycles. The number of amides is 5. The van der Waals surface area contributed by atoms with E-state index in [2.05, 4.69) is 36.0 Å². The number of anilines is 2. The van der Waals surface area contributed by atoms with Crippen LogP contribution in [0.1, 0.15) is 129 Å². The molecular weight excluding hydrogens is 1390 g/mol. The smallest absolute Gasteiger partial charge is 0.330 e. The number of fused-ring (bicyclic) bond motifs is 6. The Labute approximate surface area is 589 Å². The van der Waals surface area contributed by atoms with Crippen LogP contribution in [0.4, 0.5) is 28.9 Å². The minimum absolute atomic E-state index is 0.0117. The number of para-hydroxylation sites is 2. The zero-order valence-electron chi connectivity index (χ0n) is 55.5. The molecule has 6 fully saturated rings. The number of allylic oxidation sites excluding steroid dienone is 2. The number of benzene rings is 4. The number of aromatic nitrogens is 2. The highest BCUT2D eigenvalue weighted by Gasteiger charge is 2.64. The molecule has 0 bridgehead atoms. The van der Waals surface area contributed by atoms with E-state index < -0.39 is 142 Å². The van der Waals surface area contributed by atoms with Gasteiger partial charge in [0.25, 0.3) is 16.3 Å². The van der Waals surface area contributed by atoms with E-state index in [1.165, 1.54) is 32.5 Å². The average molecular weight is 1470 g/mol. The van der Waals surface area contributed by atoms with Crippen molar-refractivity contribution in [2.75, 3.05) is 23.7 Å². The molecule has 4 aliphatic heterocycles. The number of hydrogen-bond donors (Lipinski definition) is 7. The Morgan fingerprint density at radius 3 is 1.43 bits per heavy atom. The van der Waals surface area contributed by atoms with E-state index in [9.17, 15) is 68.3 Å². The third kappa shape index (κ3) is 16.6. The number of hydrogen-bond acceptors (Lipinski definition) is 18. The van der Waals surface area contributed by atoms with Gasteiger partial charge in [-0.15, -0.1) is 0 Å². The van der Waals surface area contributed by atoms with Gasteiger partial charge in [-0.05, 0) is 139 Å². The van der Waals surface area contributed by atoms with Crippen molar-refractivity contribution in [3.8, 4) is 10.4 Å². The lowest BCUT2D eigenvalue weighted by atomic mass is 10.0. The van der Waals surface area contributed by atoms with E-state index in [1.54, 1.807) is 13.8 Å². The third-order valence-electron chi connectivity index (χ3n) is 20.2. The number of nitrogens with zero attached hydrogens (tertiary/aromatic N) is 4. The van der Waals surface area contributed by atoms with E-state index in [1.807, 2.05) is 72.8 Å². The Bertz CT molecular complexity index is 4370. The minimum Gasteiger partial charge on any atom is -0.479 e. The fraction of sp³-hybridized carbons (Fsp3) is 0.486. The van der Waals surface area contributed by atoms with Crippen molar-refractivity contribution < 1.29 is 77.7 Å². The number of primary sulfonamides is 1. The molecule has 10 atom stereocenters. The molecule has 6 aromatic rings. The van der Waals surface area contributed by atoms with Gasteiger partial charge >= 0.3 is 5.97 Å². The molecular formula is C70H80F4N10O13S4. The molecule has 2 aromatic heterocycles. The van der Waals surface area contributed by atoms with Crippen LogP contribution in [0, 0.1) is 35.1 Å². The lowest BCUT2D eigenvalue weighted by molar-refractivity contribution is -0.145. The van der Waals surface area contributed by atoms with Gasteiger partial charge in [0.05, 0.1) is 43.0 Å². The summed E-state index contributed by atoms with van der Waals surface area (Å²) in [5.74, 6) is -7.94. The van der Waals surface area contributed by atoms with Gasteiger partial charge in [0.15, 0.2) is 0 Å². The molecule has 4 saturated carbocycles. The summed E-state index contributed by atoms with van der Waals surface area (Å²) in [4.78, 5) is 94.4. The van der Waals surface area contributed by atoms with Crippen LogP contribution in [0.2, 0.25) is 0 Å². The predicted molar refractivity (Wildman–Crippen MR) is 371 cm³/mol. The molecule has 8 N–H and O–H groups in total. The second kappa shape index (κ2) is 29.2. The molecule has 101 heavy (non-hydrogen) atoms. The fourth-order valence-electron chi connectivity index (χ4n) is 13.3. The monoisotopic (exact) mass is 1470 g/mol. The molecule has 0 radical (unpaired) electrons. The maximum absolute atomic E-state index is 14.4. The predicted octanol–water partition coefficient (Wildman–Crippen LogP) is 9.51. The van der Waals surface area contributed by atoms with Crippen molar-refractivity contribution in [2.24, 2.45) is 17.0 Å². The summed E-state index contributed by atoms with van der Waals surface area (Å²) < 4.78 is 118. The molecule has 8 aliphatic rings. The van der Waals surface area contributed by atoms with Gasteiger partial charge in [-0.1, -0.05) is 96.9 Å². The van der Waals surface area contributed by atoms with Gasteiger partial charge in [0.1, 0.15) is 70.7 Å². The molecule has 14 rings (SSSR count). The fourth-order valence-corrected chi connectivity index (χ4v) is 17.1. The van der Waals surface area contributed by atoms with Crippen LogP contribution in [-0.4, -0.2) is 147 Å². The van der Waals surface area contributed by atoms with Crippen molar-refractivity contribution in [1.29, 1.82) is 0 Å². The Morgan fingerprint density at radius 1 is 0.604 bits per heavy atom. The summed E-state index contributed by atoms with van der Waals surface area (Å²) in [7, 11) is -7.21. The maximum Gasteiger partial charge on any atom is 0.330 e. The summed E-state index contributed by atoms with van der Waals surface area (Å²) >= 11 is 2.69. The molecule has 31 heteroatoms. The van der Waals surface area contributed by atoms with Crippen LogP contribution in [0.15, 0.2) is 109 Å². The SMILES string of the molecule is CC1(S(=O)(=O)NC(=O)[C@@]23C[C@H]2/C=C\CCCCC[C@H](Nc2cc(F)cc(F)c2)C(=O)N2C[C@H](Oc4nc5ccccc5s4)C[C@H]2C(=O)N3)CC1.CC1(S(N)(=O)=O)CC1.O=C1N[C@]2(C(=O)O)C[C@H]2/C=C\CCCCC[C@H](Nc2cc(F)cc(F)c2)C(=O)N2C[C@H](Oc3nc4ccccc4s3)C[C@@H]12. The number of carbonyl (C=O) groups excluding carboxylic acids is 5. The van der Waals surface area contributed by atoms with Gasteiger partial charge in [-0.3, -0.25) is 28.7 Å². The number of carbonyl (C=O) groups is 6. The zero-order chi connectivity index (χ0) is 71.8. The van der Waals surface area contributed by atoms with Crippen LogP contribution in [-0.2, 0) is 48.8 Å². The summed E-state index contributed by atoms with van der Waals surface area (Å²) in [6.45, 7) is 3.32. The highest BCUT2D eigenvalue weighted by molar-refractivity contribution is 7.91. The normalized spacial score (nSPS) is 28.4. The second-order valence-corrected chi connectivity index (χ2v) is 34.2. The average Bonchev–Trinajstić information content (AvgIpc) is 1.57. The van der Waals surface area contributed by atoms with Crippen LogP contribution in [0.3, 0.4) is 0 Å². The highest BCUT2D eigenvalue weighted by atomic mass is 32.2. The van der Waals surface area contributed by atoms with E-state index in [4.69, 9.17) is 14.6 Å². The molecule has 23 nitrogen and oxygen atoms in total. The number of thiazole rings is 2. The van der Waals surface area contributed by atoms with Gasteiger partial charge in [-0.25, -0.2) is 54.3 Å². The zero-order valence-corrected chi connectivity index (χ0v) is 58.8. The maximum atomic E-state index is 14.4. The number of nitrogens with two attached hydrogens (primary N) is 1. The third-order valence-corrected chi connectivity index (χ3v) is 26.0. The van der Waals surface area contributed by atoms with Crippen molar-refractivity contribution in [1.82, 2.24) is 35.1 Å². The number of rotatable bonds is 13. The van der Waals surface area contributed by atoms with E-state index in [0.717, 1.165) is 102 Å². The largest absolute Gasteiger partial charge is 0.479 e. The van der Waals surface area contributed by atoms with Crippen molar-refractivity contribution in [2.45, 2.75) is 186 Å². The Kier molecular flexibility index (Phi) is 21.0. The van der Waals surface area contributed by atoms with Crippen molar-refractivity contribution >= 4 is 110 Å². The van der Waals surface area contributed by atoms with Crippen LogP contribution < -0.4 is 40.6 Å². The standard InChI is InChI=1S/C35H39F2N5O6S2.C31H32F2N4O5S.C4H9NO2S/c1-34(13-14-34)50(46,47)41-32(45)35-19-21(35)9-5-3-2-4-6-11-27(38-24-16-22(36)15-23(37)17-24)31(44)42-20-25(18-28(42)30(43)40-35)48-33-39-26-10-7-8-12-29(26)49-33;32-19-12-20(33)14-21(13-19)34-24-10-5-3-1-2-4-8-18-16-31(18,29(40)41)36-27(38)25-15-22(17-37(25)28(24)39)42-30-35-23-9-6-7-11-26(23)43-30;1-4(2-3-4)8(5,6)7/h5,7-10,12,15-17,21,25,27-28,38H,2-4,6,11,13-14,18-20H2,1H3,(H,40,43)(H,41,45);4,6-9,11-14,18,22,24-25,34H,1-3,5,10,15-17H2,(H,36,38)(H,40,41);2-3H2,1H3,(H2,5,6,7)/b9-5-;8-4-;/t21-,25-,27+,28+,35-;18-,22-,24+,25+,31-;/m11./s1. The number of carboxylic acids is 1. The number of sulfonamides is 2. The molecule has 6 heterocycles. The first-order valence-corrected chi connectivity index (χ1v) is 38.6. The number of carboxylic acid groups (broad SMARTS) is 1. The van der Waals surface area contributed by atoms with Crippen molar-refractivity contribution in [3.05, 3.63) is 133 Å². The summed E-state index contributed by atoms with van der Waals surface area (Å²) in [5.41, 5.74) is -1.21. The summed E-state index contributed by atoms with van der Waals surface area (Å²) in [6.07, 6.45) is 15.9. The second-order valence-electron chi connectivity index (χ2n) is 27.9. The highest BCUT2D eigenvalue weighted by Crippen LogP contribution is 2.49. The topological polar surface area (TPSA) is 328 Å². The first-order chi connectivity index (χ1) is 48.0. The molecule has 0 spiro atoms. The molecule has 5 amide bonds.